The van der Waals surface area contributed by atoms with Gasteiger partial charge in [-0.1, -0.05) is 6.07 Å². The van der Waals surface area contributed by atoms with Gasteiger partial charge in [-0.3, -0.25) is 9.69 Å². The first-order valence-corrected chi connectivity index (χ1v) is 9.96. The molecule has 3 atom stereocenters. The number of methoxy groups -OCH3 is 1. The standard InChI is InChI=1S/C21H33N3O2/c1-16-7-5-8-17(2)24(16)21(25)18(3)22-11-13-23(14-12-22)19-9-6-10-20(15-19)26-4/h6,9-10,15-18H,5,7-8,11-14H2,1-4H3/t16-,17-,18+/m0/s1. The van der Waals surface area contributed by atoms with Crippen LogP contribution in [-0.4, -0.2) is 67.1 Å². The summed E-state index contributed by atoms with van der Waals surface area (Å²) in [7, 11) is 1.70. The molecule has 0 aromatic heterocycles. The minimum Gasteiger partial charge on any atom is -0.497 e. The van der Waals surface area contributed by atoms with Gasteiger partial charge in [0, 0.05) is 50.0 Å². The Morgan fingerprint density at radius 1 is 1.12 bits per heavy atom. The number of hydrogen-bond donors (Lipinski definition) is 0. The molecule has 2 saturated heterocycles. The number of carbonyl (C=O) groups excluding carboxylic acids is 1. The number of hydrogen-bond acceptors (Lipinski definition) is 4. The van der Waals surface area contributed by atoms with Gasteiger partial charge in [0.15, 0.2) is 0 Å². The van der Waals surface area contributed by atoms with Crippen LogP contribution in [0.5, 0.6) is 5.75 Å². The maximum absolute atomic E-state index is 13.1. The van der Waals surface area contributed by atoms with Crippen molar-refractivity contribution in [2.24, 2.45) is 0 Å². The third kappa shape index (κ3) is 3.98. The summed E-state index contributed by atoms with van der Waals surface area (Å²) in [5, 5.41) is 0. The molecule has 2 fully saturated rings. The molecule has 0 aliphatic carbocycles. The molecule has 1 amide bonds. The van der Waals surface area contributed by atoms with Gasteiger partial charge in [0.2, 0.25) is 5.91 Å². The molecular weight excluding hydrogens is 326 g/mol. The monoisotopic (exact) mass is 359 g/mol. The zero-order valence-corrected chi connectivity index (χ0v) is 16.6. The summed E-state index contributed by atoms with van der Waals surface area (Å²) < 4.78 is 5.34. The number of amides is 1. The maximum atomic E-state index is 13.1. The Balaban J connectivity index is 1.59. The first-order chi connectivity index (χ1) is 12.5. The van der Waals surface area contributed by atoms with Crippen molar-refractivity contribution in [3.05, 3.63) is 24.3 Å². The van der Waals surface area contributed by atoms with Gasteiger partial charge in [-0.15, -0.1) is 0 Å². The third-order valence-electron chi connectivity index (χ3n) is 6.09. The van der Waals surface area contributed by atoms with Crippen LogP contribution >= 0.6 is 0 Å². The zero-order valence-electron chi connectivity index (χ0n) is 16.6. The number of carbonyl (C=O) groups is 1. The van der Waals surface area contributed by atoms with Gasteiger partial charge in [-0.2, -0.15) is 0 Å². The number of anilines is 1. The van der Waals surface area contributed by atoms with Crippen LogP contribution in [0.15, 0.2) is 24.3 Å². The van der Waals surface area contributed by atoms with E-state index in [1.807, 2.05) is 12.1 Å². The molecule has 0 N–H and O–H groups in total. The zero-order chi connectivity index (χ0) is 18.7. The van der Waals surface area contributed by atoms with Crippen molar-refractivity contribution in [3.63, 3.8) is 0 Å². The van der Waals surface area contributed by atoms with Crippen molar-refractivity contribution < 1.29 is 9.53 Å². The molecule has 2 aliphatic heterocycles. The fourth-order valence-electron chi connectivity index (χ4n) is 4.40. The number of benzene rings is 1. The van der Waals surface area contributed by atoms with Crippen LogP contribution in [0.3, 0.4) is 0 Å². The molecule has 1 aromatic carbocycles. The van der Waals surface area contributed by atoms with Crippen molar-refractivity contribution in [2.45, 2.75) is 58.2 Å². The van der Waals surface area contributed by atoms with E-state index >= 15 is 0 Å². The molecule has 0 spiro atoms. The first-order valence-electron chi connectivity index (χ1n) is 9.96. The highest BCUT2D eigenvalue weighted by Gasteiger charge is 2.34. The Labute approximate surface area is 157 Å². The fraction of sp³-hybridized carbons (Fsp3) is 0.667. The Morgan fingerprint density at radius 3 is 2.38 bits per heavy atom. The maximum Gasteiger partial charge on any atom is 0.240 e. The lowest BCUT2D eigenvalue weighted by molar-refractivity contribution is -0.142. The van der Waals surface area contributed by atoms with Crippen LogP contribution in [0, 0.1) is 0 Å². The third-order valence-corrected chi connectivity index (χ3v) is 6.09. The largest absolute Gasteiger partial charge is 0.497 e. The molecule has 5 nitrogen and oxygen atoms in total. The van der Waals surface area contributed by atoms with Crippen LogP contribution < -0.4 is 9.64 Å². The van der Waals surface area contributed by atoms with Crippen molar-refractivity contribution in [3.8, 4) is 5.75 Å². The average Bonchev–Trinajstić information content (AvgIpc) is 2.67. The summed E-state index contributed by atoms with van der Waals surface area (Å²) in [4.78, 5) is 20.0. The van der Waals surface area contributed by atoms with Crippen LogP contribution in [-0.2, 0) is 4.79 Å². The van der Waals surface area contributed by atoms with Gasteiger partial charge < -0.3 is 14.5 Å². The molecule has 3 rings (SSSR count). The van der Waals surface area contributed by atoms with Crippen LogP contribution in [0.1, 0.15) is 40.0 Å². The van der Waals surface area contributed by atoms with Gasteiger partial charge >= 0.3 is 0 Å². The summed E-state index contributed by atoms with van der Waals surface area (Å²) in [6, 6.07) is 8.92. The van der Waals surface area contributed by atoms with Gasteiger partial charge in [0.25, 0.3) is 0 Å². The quantitative estimate of drug-likeness (QED) is 0.828. The van der Waals surface area contributed by atoms with E-state index in [0.717, 1.165) is 44.8 Å². The molecule has 1 aromatic rings. The van der Waals surface area contributed by atoms with Gasteiger partial charge in [0.1, 0.15) is 5.75 Å². The Bertz CT molecular complexity index is 603. The van der Waals surface area contributed by atoms with E-state index in [2.05, 4.69) is 47.6 Å². The fourth-order valence-corrected chi connectivity index (χ4v) is 4.40. The minimum absolute atomic E-state index is 0.0366. The van der Waals surface area contributed by atoms with E-state index in [9.17, 15) is 4.79 Å². The second-order valence-corrected chi connectivity index (χ2v) is 7.77. The van der Waals surface area contributed by atoms with E-state index in [0.29, 0.717) is 18.0 Å². The lowest BCUT2D eigenvalue weighted by Crippen LogP contribution is -2.58. The van der Waals surface area contributed by atoms with Crippen LogP contribution in [0.4, 0.5) is 5.69 Å². The van der Waals surface area contributed by atoms with E-state index in [-0.39, 0.29) is 6.04 Å². The summed E-state index contributed by atoms with van der Waals surface area (Å²) in [5.41, 5.74) is 1.20. The molecule has 0 unspecified atom stereocenters. The number of likely N-dealkylation sites (tertiary alicyclic amines) is 1. The van der Waals surface area contributed by atoms with Gasteiger partial charge in [-0.05, 0) is 52.2 Å². The van der Waals surface area contributed by atoms with Gasteiger partial charge in [-0.25, -0.2) is 0 Å². The first kappa shape index (κ1) is 19.0. The highest BCUT2D eigenvalue weighted by atomic mass is 16.5. The second kappa shape index (κ2) is 8.30. The SMILES string of the molecule is COc1cccc(N2CCN([C@H](C)C(=O)N3[C@@H](C)CCC[C@@H]3C)CC2)c1. The van der Waals surface area contributed by atoms with E-state index in [4.69, 9.17) is 4.74 Å². The minimum atomic E-state index is -0.0366. The summed E-state index contributed by atoms with van der Waals surface area (Å²) in [6.07, 6.45) is 3.50. The lowest BCUT2D eigenvalue weighted by atomic mass is 9.96. The molecular formula is C21H33N3O2. The molecule has 5 heteroatoms. The van der Waals surface area contributed by atoms with Gasteiger partial charge in [0.05, 0.1) is 13.2 Å². The average molecular weight is 360 g/mol. The van der Waals surface area contributed by atoms with Crippen molar-refractivity contribution >= 4 is 11.6 Å². The van der Waals surface area contributed by atoms with E-state index in [1.165, 1.54) is 12.1 Å². The van der Waals surface area contributed by atoms with Crippen LogP contribution in [0.2, 0.25) is 0 Å². The lowest BCUT2D eigenvalue weighted by Gasteiger charge is -2.44. The molecule has 0 radical (unpaired) electrons. The molecule has 26 heavy (non-hydrogen) atoms. The number of ether oxygens (including phenoxy) is 1. The Kier molecular flexibility index (Phi) is 6.07. The van der Waals surface area contributed by atoms with Crippen molar-refractivity contribution in [2.75, 3.05) is 38.2 Å². The Hall–Kier alpha value is -1.75. The predicted octanol–water partition coefficient (Wildman–Crippen LogP) is 3.00. The normalized spacial score (nSPS) is 25.8. The van der Waals surface area contributed by atoms with Crippen molar-refractivity contribution in [1.82, 2.24) is 9.80 Å². The molecule has 0 bridgehead atoms. The molecule has 2 aliphatic rings. The highest BCUT2D eigenvalue weighted by molar-refractivity contribution is 5.82. The summed E-state index contributed by atoms with van der Waals surface area (Å²) in [6.45, 7) is 10.2. The van der Waals surface area contributed by atoms with E-state index < -0.39 is 0 Å². The predicted molar refractivity (Wildman–Crippen MR) is 106 cm³/mol. The molecule has 2 heterocycles. The number of piperazine rings is 1. The van der Waals surface area contributed by atoms with Crippen molar-refractivity contribution in [1.29, 1.82) is 0 Å². The summed E-state index contributed by atoms with van der Waals surface area (Å²) >= 11 is 0. The molecule has 144 valence electrons. The summed E-state index contributed by atoms with van der Waals surface area (Å²) in [5.74, 6) is 1.20. The topological polar surface area (TPSA) is 36.0 Å². The smallest absolute Gasteiger partial charge is 0.240 e. The molecule has 0 saturated carbocycles. The number of piperidine rings is 1. The number of rotatable bonds is 4. The highest BCUT2D eigenvalue weighted by Crippen LogP contribution is 2.26. The van der Waals surface area contributed by atoms with E-state index in [1.54, 1.807) is 7.11 Å². The Morgan fingerprint density at radius 2 is 1.77 bits per heavy atom. The van der Waals surface area contributed by atoms with Crippen LogP contribution in [0.25, 0.3) is 0 Å². The second-order valence-electron chi connectivity index (χ2n) is 7.77. The number of nitrogens with zero attached hydrogens (tertiary/aromatic N) is 3.